The van der Waals surface area contributed by atoms with Gasteiger partial charge in [-0.2, -0.15) is 9.97 Å². The first-order chi connectivity index (χ1) is 15.4. The standard InChI is InChI=1S/C22H24N8O2/c1-14-17(7-8-19(24-14)30-12-10-29(11-13-30)16(3)31)21(32)28-22-26-15(2)25-20(27-22)18-6-4-5-9-23-18/h4-9H,10-13H2,1-3H3,(H,25,26,27,28,32). The summed E-state index contributed by atoms with van der Waals surface area (Å²) in [5, 5.41) is 2.74. The monoisotopic (exact) mass is 432 g/mol. The van der Waals surface area contributed by atoms with Gasteiger partial charge < -0.3 is 9.80 Å². The average molecular weight is 432 g/mol. The van der Waals surface area contributed by atoms with Gasteiger partial charge in [0.15, 0.2) is 5.82 Å². The van der Waals surface area contributed by atoms with Crippen molar-refractivity contribution < 1.29 is 9.59 Å². The lowest BCUT2D eigenvalue weighted by molar-refractivity contribution is -0.129. The topological polar surface area (TPSA) is 117 Å². The van der Waals surface area contributed by atoms with Crippen LogP contribution >= 0.6 is 0 Å². The fourth-order valence-electron chi connectivity index (χ4n) is 3.53. The van der Waals surface area contributed by atoms with Gasteiger partial charge in [0.25, 0.3) is 5.91 Å². The van der Waals surface area contributed by atoms with Crippen molar-refractivity contribution in [1.82, 2.24) is 29.8 Å². The molecule has 1 aliphatic rings. The fourth-order valence-corrected chi connectivity index (χ4v) is 3.53. The molecule has 0 saturated carbocycles. The van der Waals surface area contributed by atoms with Crippen LogP contribution in [0.3, 0.4) is 0 Å². The lowest BCUT2D eigenvalue weighted by Gasteiger charge is -2.35. The van der Waals surface area contributed by atoms with E-state index in [0.29, 0.717) is 54.8 Å². The maximum Gasteiger partial charge on any atom is 0.259 e. The number of hydrogen-bond donors (Lipinski definition) is 1. The fraction of sp³-hybridized carbons (Fsp3) is 0.318. The third kappa shape index (κ3) is 4.69. The molecule has 3 aromatic heterocycles. The molecule has 1 aliphatic heterocycles. The van der Waals surface area contributed by atoms with Crippen LogP contribution in [0.15, 0.2) is 36.5 Å². The van der Waals surface area contributed by atoms with E-state index in [-0.39, 0.29) is 17.8 Å². The van der Waals surface area contributed by atoms with Crippen molar-refractivity contribution in [2.45, 2.75) is 20.8 Å². The second-order valence-electron chi connectivity index (χ2n) is 7.49. The Bertz CT molecular complexity index is 1140. The minimum atomic E-state index is -0.347. The molecule has 0 bridgehead atoms. The molecule has 0 aliphatic carbocycles. The average Bonchev–Trinajstić information content (AvgIpc) is 2.79. The zero-order valence-electron chi connectivity index (χ0n) is 18.2. The Hall–Kier alpha value is -3.95. The molecular formula is C22H24N8O2. The van der Waals surface area contributed by atoms with Gasteiger partial charge in [-0.1, -0.05) is 6.07 Å². The van der Waals surface area contributed by atoms with Gasteiger partial charge >= 0.3 is 0 Å². The summed E-state index contributed by atoms with van der Waals surface area (Å²) in [7, 11) is 0. The van der Waals surface area contributed by atoms with Crippen molar-refractivity contribution in [2.75, 3.05) is 36.4 Å². The van der Waals surface area contributed by atoms with Gasteiger partial charge in [0.1, 0.15) is 17.3 Å². The third-order valence-electron chi connectivity index (χ3n) is 5.23. The number of nitrogens with zero attached hydrogens (tertiary/aromatic N) is 7. The van der Waals surface area contributed by atoms with E-state index >= 15 is 0 Å². The van der Waals surface area contributed by atoms with Crippen molar-refractivity contribution in [3.8, 4) is 11.5 Å². The molecule has 2 amide bonds. The highest BCUT2D eigenvalue weighted by molar-refractivity contribution is 6.04. The van der Waals surface area contributed by atoms with Crippen LogP contribution in [0.2, 0.25) is 0 Å². The SMILES string of the molecule is CC(=O)N1CCN(c2ccc(C(=O)Nc3nc(C)nc(-c4ccccn4)n3)c(C)n2)CC1. The second kappa shape index (κ2) is 9.04. The van der Waals surface area contributed by atoms with Gasteiger partial charge in [0.05, 0.1) is 11.3 Å². The molecule has 0 aromatic carbocycles. The van der Waals surface area contributed by atoms with E-state index in [2.05, 4.69) is 35.1 Å². The maximum absolute atomic E-state index is 12.9. The van der Waals surface area contributed by atoms with Crippen LogP contribution in [0.1, 0.15) is 28.8 Å². The molecular weight excluding hydrogens is 408 g/mol. The van der Waals surface area contributed by atoms with Crippen LogP contribution in [0.5, 0.6) is 0 Å². The van der Waals surface area contributed by atoms with E-state index in [4.69, 9.17) is 0 Å². The Kier molecular flexibility index (Phi) is 6.02. The summed E-state index contributed by atoms with van der Waals surface area (Å²) in [4.78, 5) is 50.0. The number of carbonyl (C=O) groups excluding carboxylic acids is 2. The van der Waals surface area contributed by atoms with Gasteiger partial charge in [0.2, 0.25) is 11.9 Å². The lowest BCUT2D eigenvalue weighted by Crippen LogP contribution is -2.48. The molecule has 4 rings (SSSR count). The zero-order chi connectivity index (χ0) is 22.7. The first kappa shape index (κ1) is 21.3. The van der Waals surface area contributed by atoms with Crippen molar-refractivity contribution in [3.05, 3.63) is 53.6 Å². The number of piperazine rings is 1. The van der Waals surface area contributed by atoms with Gasteiger partial charge in [0, 0.05) is 39.3 Å². The number of hydrogen-bond acceptors (Lipinski definition) is 8. The summed E-state index contributed by atoms with van der Waals surface area (Å²) >= 11 is 0. The summed E-state index contributed by atoms with van der Waals surface area (Å²) in [6, 6.07) is 9.02. The molecule has 164 valence electrons. The number of aromatic nitrogens is 5. The molecule has 3 aromatic rings. The quantitative estimate of drug-likeness (QED) is 0.664. The second-order valence-corrected chi connectivity index (χ2v) is 7.49. The number of rotatable bonds is 4. The number of carbonyl (C=O) groups is 2. The van der Waals surface area contributed by atoms with Gasteiger partial charge in [-0.25, -0.2) is 9.97 Å². The van der Waals surface area contributed by atoms with Crippen LogP contribution in [0.4, 0.5) is 11.8 Å². The number of amides is 2. The zero-order valence-corrected chi connectivity index (χ0v) is 18.2. The predicted molar refractivity (Wildman–Crippen MR) is 119 cm³/mol. The molecule has 10 heteroatoms. The highest BCUT2D eigenvalue weighted by Crippen LogP contribution is 2.18. The largest absolute Gasteiger partial charge is 0.353 e. The highest BCUT2D eigenvalue weighted by Gasteiger charge is 2.21. The molecule has 1 N–H and O–H groups in total. The Morgan fingerprint density at radius 1 is 0.938 bits per heavy atom. The minimum Gasteiger partial charge on any atom is -0.353 e. The Morgan fingerprint density at radius 3 is 2.38 bits per heavy atom. The summed E-state index contributed by atoms with van der Waals surface area (Å²) in [5.41, 5.74) is 1.64. The number of nitrogens with one attached hydrogen (secondary N) is 1. The van der Waals surface area contributed by atoms with Crippen LogP contribution in [0.25, 0.3) is 11.5 Å². The molecule has 1 fully saturated rings. The normalized spacial score (nSPS) is 13.7. The number of anilines is 2. The molecule has 0 unspecified atom stereocenters. The smallest absolute Gasteiger partial charge is 0.259 e. The van der Waals surface area contributed by atoms with E-state index in [1.54, 1.807) is 39.1 Å². The van der Waals surface area contributed by atoms with Crippen LogP contribution in [-0.2, 0) is 4.79 Å². The summed E-state index contributed by atoms with van der Waals surface area (Å²) < 4.78 is 0. The molecule has 0 atom stereocenters. The number of aryl methyl sites for hydroxylation is 2. The Labute approximate surface area is 185 Å². The van der Waals surface area contributed by atoms with Crippen molar-refractivity contribution >= 4 is 23.6 Å². The third-order valence-corrected chi connectivity index (χ3v) is 5.23. The Morgan fingerprint density at radius 2 is 1.72 bits per heavy atom. The summed E-state index contributed by atoms with van der Waals surface area (Å²) in [5.74, 6) is 1.55. The first-order valence-electron chi connectivity index (χ1n) is 10.3. The molecule has 1 saturated heterocycles. The van der Waals surface area contributed by atoms with Crippen molar-refractivity contribution in [3.63, 3.8) is 0 Å². The van der Waals surface area contributed by atoms with E-state index in [0.717, 1.165) is 5.82 Å². The van der Waals surface area contributed by atoms with Crippen molar-refractivity contribution in [1.29, 1.82) is 0 Å². The van der Waals surface area contributed by atoms with E-state index in [9.17, 15) is 9.59 Å². The molecule has 4 heterocycles. The molecule has 0 spiro atoms. The first-order valence-corrected chi connectivity index (χ1v) is 10.3. The van der Waals surface area contributed by atoms with Crippen LogP contribution < -0.4 is 10.2 Å². The predicted octanol–water partition coefficient (Wildman–Crippen LogP) is 1.87. The van der Waals surface area contributed by atoms with E-state index in [1.165, 1.54) is 0 Å². The Balaban J connectivity index is 1.49. The van der Waals surface area contributed by atoms with E-state index < -0.39 is 0 Å². The molecule has 10 nitrogen and oxygen atoms in total. The number of pyridine rings is 2. The highest BCUT2D eigenvalue weighted by atomic mass is 16.2. The van der Waals surface area contributed by atoms with Gasteiger partial charge in [-0.15, -0.1) is 0 Å². The van der Waals surface area contributed by atoms with Crippen LogP contribution in [-0.4, -0.2) is 67.8 Å². The lowest BCUT2D eigenvalue weighted by atomic mass is 10.2. The summed E-state index contributed by atoms with van der Waals surface area (Å²) in [6.45, 7) is 7.85. The van der Waals surface area contributed by atoms with Crippen LogP contribution in [0, 0.1) is 13.8 Å². The van der Waals surface area contributed by atoms with E-state index in [1.807, 2.05) is 23.1 Å². The summed E-state index contributed by atoms with van der Waals surface area (Å²) in [6.07, 6.45) is 1.66. The molecule has 0 radical (unpaired) electrons. The minimum absolute atomic E-state index is 0.0839. The maximum atomic E-state index is 12.9. The molecule has 32 heavy (non-hydrogen) atoms. The van der Waals surface area contributed by atoms with Gasteiger partial charge in [-0.05, 0) is 38.1 Å². The van der Waals surface area contributed by atoms with Crippen molar-refractivity contribution in [2.24, 2.45) is 0 Å². The van der Waals surface area contributed by atoms with Gasteiger partial charge in [-0.3, -0.25) is 19.9 Å².